The number of hydrogen-bond donors (Lipinski definition) is 2. The molecule has 7 nitrogen and oxygen atoms in total. The highest BCUT2D eigenvalue weighted by molar-refractivity contribution is 8.00. The van der Waals surface area contributed by atoms with Crippen LogP contribution in [0.25, 0.3) is 0 Å². The third-order valence-electron chi connectivity index (χ3n) is 3.31. The molecule has 0 radical (unpaired) electrons. The number of nitrogens with one attached hydrogen (secondary N) is 2. The highest BCUT2D eigenvalue weighted by atomic mass is 32.2. The second-order valence-corrected chi connectivity index (χ2v) is 6.66. The standard InChI is InChI=1S/C18H16N4O3S/c1-12(26-18-21-16(23)11-19-22-18)17(24)20-13-7-9-15(10-8-13)25-14-5-3-2-4-6-14/h2-12H,1H3,(H,20,24)(H,21,22,23)/t12-/m0/s1. The summed E-state index contributed by atoms with van der Waals surface area (Å²) in [7, 11) is 0. The number of rotatable bonds is 6. The van der Waals surface area contributed by atoms with Gasteiger partial charge in [0.15, 0.2) is 5.16 Å². The van der Waals surface area contributed by atoms with Gasteiger partial charge in [-0.1, -0.05) is 30.0 Å². The van der Waals surface area contributed by atoms with Gasteiger partial charge in [-0.3, -0.25) is 14.6 Å². The van der Waals surface area contributed by atoms with Gasteiger partial charge in [0.1, 0.15) is 17.7 Å². The van der Waals surface area contributed by atoms with Gasteiger partial charge < -0.3 is 10.1 Å². The lowest BCUT2D eigenvalue weighted by Crippen LogP contribution is -2.23. The molecule has 1 aromatic heterocycles. The van der Waals surface area contributed by atoms with Crippen molar-refractivity contribution in [1.82, 2.24) is 15.2 Å². The second-order valence-electron chi connectivity index (χ2n) is 5.33. The van der Waals surface area contributed by atoms with E-state index in [-0.39, 0.29) is 11.5 Å². The average Bonchev–Trinajstić information content (AvgIpc) is 2.64. The minimum atomic E-state index is -0.456. The molecule has 0 unspecified atom stereocenters. The number of ether oxygens (including phenoxy) is 1. The summed E-state index contributed by atoms with van der Waals surface area (Å²) in [5.41, 5.74) is 0.291. The first-order valence-corrected chi connectivity index (χ1v) is 8.70. The molecule has 1 heterocycles. The Bertz CT molecular complexity index is 929. The number of carbonyl (C=O) groups excluding carboxylic acids is 1. The summed E-state index contributed by atoms with van der Waals surface area (Å²) in [5.74, 6) is 1.21. The molecule has 26 heavy (non-hydrogen) atoms. The van der Waals surface area contributed by atoms with E-state index < -0.39 is 5.25 Å². The Balaban J connectivity index is 1.57. The number of H-pyrrole nitrogens is 1. The smallest absolute Gasteiger partial charge is 0.270 e. The molecule has 0 bridgehead atoms. The molecule has 0 saturated carbocycles. The zero-order chi connectivity index (χ0) is 18.4. The molecule has 2 N–H and O–H groups in total. The molecule has 0 aliphatic heterocycles. The fourth-order valence-electron chi connectivity index (χ4n) is 2.05. The van der Waals surface area contributed by atoms with Gasteiger partial charge in [-0.15, -0.1) is 5.10 Å². The van der Waals surface area contributed by atoms with E-state index >= 15 is 0 Å². The zero-order valence-electron chi connectivity index (χ0n) is 13.9. The SMILES string of the molecule is C[C@H](Sc1nncc(=O)[nH]1)C(=O)Nc1ccc(Oc2ccccc2)cc1. The summed E-state index contributed by atoms with van der Waals surface area (Å²) >= 11 is 1.12. The van der Waals surface area contributed by atoms with Crippen molar-refractivity contribution < 1.29 is 9.53 Å². The monoisotopic (exact) mass is 368 g/mol. The lowest BCUT2D eigenvalue weighted by molar-refractivity contribution is -0.115. The van der Waals surface area contributed by atoms with E-state index in [0.717, 1.165) is 23.7 Å². The third-order valence-corrected chi connectivity index (χ3v) is 4.29. The van der Waals surface area contributed by atoms with Gasteiger partial charge in [-0.25, -0.2) is 0 Å². The van der Waals surface area contributed by atoms with Crippen molar-refractivity contribution in [3.8, 4) is 11.5 Å². The molecule has 0 aliphatic rings. The molecular weight excluding hydrogens is 352 g/mol. The Morgan fingerprint density at radius 3 is 2.50 bits per heavy atom. The number of nitrogens with zero attached hydrogens (tertiary/aromatic N) is 2. The summed E-state index contributed by atoms with van der Waals surface area (Å²) in [6.45, 7) is 1.72. The summed E-state index contributed by atoms with van der Waals surface area (Å²) in [5, 5.41) is 10.00. The van der Waals surface area contributed by atoms with Gasteiger partial charge in [-0.05, 0) is 43.3 Å². The lowest BCUT2D eigenvalue weighted by atomic mass is 10.3. The number of para-hydroxylation sites is 1. The molecule has 0 aliphatic carbocycles. The van der Waals surface area contributed by atoms with Gasteiger partial charge >= 0.3 is 0 Å². The van der Waals surface area contributed by atoms with Crippen molar-refractivity contribution in [1.29, 1.82) is 0 Å². The molecule has 8 heteroatoms. The Morgan fingerprint density at radius 1 is 1.12 bits per heavy atom. The maximum atomic E-state index is 12.3. The summed E-state index contributed by atoms with van der Waals surface area (Å²) in [6.07, 6.45) is 1.08. The van der Waals surface area contributed by atoms with E-state index in [4.69, 9.17) is 4.74 Å². The van der Waals surface area contributed by atoms with Crippen LogP contribution in [0, 0.1) is 0 Å². The first kappa shape index (κ1) is 17.7. The van der Waals surface area contributed by atoms with Gasteiger partial charge in [-0.2, -0.15) is 5.10 Å². The Hall–Kier alpha value is -3.13. The number of carbonyl (C=O) groups is 1. The van der Waals surface area contributed by atoms with Crippen LogP contribution in [0.5, 0.6) is 11.5 Å². The van der Waals surface area contributed by atoms with Crippen molar-refractivity contribution in [3.63, 3.8) is 0 Å². The van der Waals surface area contributed by atoms with Gasteiger partial charge in [0.05, 0.1) is 5.25 Å². The summed E-state index contributed by atoms with van der Waals surface area (Å²) in [6, 6.07) is 16.5. The Morgan fingerprint density at radius 2 is 1.81 bits per heavy atom. The van der Waals surface area contributed by atoms with Crippen LogP contribution in [-0.4, -0.2) is 26.3 Å². The maximum Gasteiger partial charge on any atom is 0.270 e. The predicted octanol–water partition coefficient (Wildman–Crippen LogP) is 3.08. The van der Waals surface area contributed by atoms with E-state index in [1.54, 1.807) is 31.2 Å². The largest absolute Gasteiger partial charge is 0.457 e. The van der Waals surface area contributed by atoms with E-state index in [1.165, 1.54) is 0 Å². The van der Waals surface area contributed by atoms with Crippen LogP contribution >= 0.6 is 11.8 Å². The fourth-order valence-corrected chi connectivity index (χ4v) is 2.80. The quantitative estimate of drug-likeness (QED) is 0.649. The van der Waals surface area contributed by atoms with Crippen molar-refractivity contribution in [2.75, 3.05) is 5.32 Å². The molecular formula is C18H16N4O3S. The summed E-state index contributed by atoms with van der Waals surface area (Å²) < 4.78 is 5.71. The normalized spacial score (nSPS) is 11.6. The number of aromatic nitrogens is 3. The van der Waals surface area contributed by atoms with Crippen LogP contribution < -0.4 is 15.6 Å². The van der Waals surface area contributed by atoms with Crippen LogP contribution in [0.3, 0.4) is 0 Å². The summed E-state index contributed by atoms with van der Waals surface area (Å²) in [4.78, 5) is 26.0. The molecule has 3 aromatic rings. The highest BCUT2D eigenvalue weighted by Crippen LogP contribution is 2.23. The second kappa shape index (κ2) is 8.30. The topological polar surface area (TPSA) is 97.0 Å². The van der Waals surface area contributed by atoms with Crippen LogP contribution in [0.1, 0.15) is 6.92 Å². The minimum absolute atomic E-state index is 0.210. The number of thioether (sulfide) groups is 1. The van der Waals surface area contributed by atoms with Gasteiger partial charge in [0.25, 0.3) is 5.56 Å². The van der Waals surface area contributed by atoms with E-state index in [9.17, 15) is 9.59 Å². The van der Waals surface area contributed by atoms with Crippen LogP contribution in [-0.2, 0) is 4.79 Å². The average molecular weight is 368 g/mol. The number of amides is 1. The number of benzene rings is 2. The molecule has 1 atom stereocenters. The molecule has 0 saturated heterocycles. The van der Waals surface area contributed by atoms with Crippen molar-refractivity contribution in [2.24, 2.45) is 0 Å². The van der Waals surface area contributed by atoms with Gasteiger partial charge in [0.2, 0.25) is 5.91 Å². The van der Waals surface area contributed by atoms with Crippen LogP contribution in [0.4, 0.5) is 5.69 Å². The number of hydrogen-bond acceptors (Lipinski definition) is 6. The van der Waals surface area contributed by atoms with E-state index in [1.807, 2.05) is 30.3 Å². The Labute approximate surface area is 153 Å². The maximum absolute atomic E-state index is 12.3. The predicted molar refractivity (Wildman–Crippen MR) is 99.6 cm³/mol. The molecule has 0 spiro atoms. The van der Waals surface area contributed by atoms with Gasteiger partial charge in [0, 0.05) is 5.69 Å². The number of aromatic amines is 1. The Kier molecular flexibility index (Phi) is 5.65. The first-order valence-electron chi connectivity index (χ1n) is 7.82. The van der Waals surface area contributed by atoms with Crippen molar-refractivity contribution in [2.45, 2.75) is 17.3 Å². The third kappa shape index (κ3) is 4.93. The van der Waals surface area contributed by atoms with Crippen LogP contribution in [0.2, 0.25) is 0 Å². The van der Waals surface area contributed by atoms with E-state index in [0.29, 0.717) is 16.6 Å². The molecule has 1 amide bonds. The highest BCUT2D eigenvalue weighted by Gasteiger charge is 2.16. The fraction of sp³-hybridized carbons (Fsp3) is 0.111. The first-order chi connectivity index (χ1) is 12.6. The van der Waals surface area contributed by atoms with Crippen molar-refractivity contribution in [3.05, 3.63) is 71.1 Å². The molecule has 132 valence electrons. The van der Waals surface area contributed by atoms with Crippen LogP contribution in [0.15, 0.2) is 70.7 Å². The lowest BCUT2D eigenvalue weighted by Gasteiger charge is -2.11. The zero-order valence-corrected chi connectivity index (χ0v) is 14.7. The number of anilines is 1. The van der Waals surface area contributed by atoms with Crippen molar-refractivity contribution >= 4 is 23.4 Å². The minimum Gasteiger partial charge on any atom is -0.457 e. The molecule has 2 aromatic carbocycles. The molecule has 3 rings (SSSR count). The van der Waals surface area contributed by atoms with E-state index in [2.05, 4.69) is 20.5 Å². The molecule has 0 fully saturated rings.